The number of carbonyl (C=O) groups excluding carboxylic acids is 1. The minimum atomic E-state index is -2.60. The van der Waals surface area contributed by atoms with Gasteiger partial charge in [-0.15, -0.1) is 0 Å². The quantitative estimate of drug-likeness (QED) is 0.615. The number of primary amides is 1. The van der Waals surface area contributed by atoms with Gasteiger partial charge in [0.2, 0.25) is 5.92 Å². The Morgan fingerprint density at radius 1 is 1.27 bits per heavy atom. The molecule has 1 fully saturated rings. The van der Waals surface area contributed by atoms with Crippen molar-refractivity contribution >= 4 is 28.4 Å². The van der Waals surface area contributed by atoms with E-state index < -0.39 is 11.8 Å². The van der Waals surface area contributed by atoms with Gasteiger partial charge in [-0.05, 0) is 48.9 Å². The van der Waals surface area contributed by atoms with E-state index in [0.717, 1.165) is 16.7 Å². The Bertz CT molecular complexity index is 1210. The number of nitrogens with one attached hydrogen (secondary N) is 1. The molecule has 0 atom stereocenters. The van der Waals surface area contributed by atoms with Gasteiger partial charge in [-0.25, -0.2) is 8.78 Å². The Morgan fingerprint density at radius 2 is 1.97 bits per heavy atom. The summed E-state index contributed by atoms with van der Waals surface area (Å²) < 4.78 is 27.0. The molecule has 1 aliphatic carbocycles. The predicted octanol–water partition coefficient (Wildman–Crippen LogP) is 4.94. The lowest BCUT2D eigenvalue weighted by molar-refractivity contribution is -0.0382. The third-order valence-corrected chi connectivity index (χ3v) is 6.09. The molecule has 0 spiro atoms. The molecule has 0 bridgehead atoms. The lowest BCUT2D eigenvalue weighted by atomic mass is 9.81. The van der Waals surface area contributed by atoms with Gasteiger partial charge in [0.1, 0.15) is 5.69 Å². The fraction of sp³-hybridized carbons (Fsp3) is 0.318. The second-order valence-corrected chi connectivity index (χ2v) is 8.22. The highest BCUT2D eigenvalue weighted by molar-refractivity contribution is 6.31. The van der Waals surface area contributed by atoms with E-state index in [2.05, 4.69) is 9.97 Å². The fourth-order valence-electron chi connectivity index (χ4n) is 4.19. The molecule has 0 aliphatic heterocycles. The number of amides is 1. The predicted molar refractivity (Wildman–Crippen MR) is 112 cm³/mol. The average Bonchev–Trinajstić information content (AvgIpc) is 2.69. The largest absolute Gasteiger partial charge is 0.364 e. The van der Waals surface area contributed by atoms with E-state index in [0.29, 0.717) is 29.1 Å². The summed E-state index contributed by atoms with van der Waals surface area (Å²) in [5.74, 6) is -3.38. The third kappa shape index (κ3) is 3.69. The first-order chi connectivity index (χ1) is 14.2. The summed E-state index contributed by atoms with van der Waals surface area (Å²) in [7, 11) is 0. The number of hydrogen-bond donors (Lipinski definition) is 2. The topological polar surface area (TPSA) is 88.8 Å². The number of benzene rings is 1. The zero-order chi connectivity index (χ0) is 21.6. The molecule has 4 rings (SSSR count). The second-order valence-electron chi connectivity index (χ2n) is 7.81. The molecule has 0 radical (unpaired) electrons. The Morgan fingerprint density at radius 3 is 2.63 bits per heavy atom. The average molecular weight is 432 g/mol. The van der Waals surface area contributed by atoms with Crippen LogP contribution in [0.15, 0.2) is 35.3 Å². The zero-order valence-electron chi connectivity index (χ0n) is 16.3. The highest BCUT2D eigenvalue weighted by Gasteiger charge is 2.36. The van der Waals surface area contributed by atoms with Crippen molar-refractivity contribution in [1.82, 2.24) is 9.97 Å². The molecule has 1 aromatic carbocycles. The number of alkyl halides is 2. The number of pyridine rings is 2. The van der Waals surface area contributed by atoms with Crippen LogP contribution in [0.5, 0.6) is 0 Å². The van der Waals surface area contributed by atoms with E-state index in [1.165, 1.54) is 12.3 Å². The van der Waals surface area contributed by atoms with Gasteiger partial charge in [-0.2, -0.15) is 0 Å². The number of nitrogens with two attached hydrogens (primary N) is 1. The SMILES string of the molecule is Cc1cc(C2CCC(F)(F)CC2)c(Cl)cc1-c1cc(=O)c2c(C(N)=O)nccc2[nH]1. The molecular formula is C22H20ClF2N3O2. The molecule has 0 saturated heterocycles. The van der Waals surface area contributed by atoms with E-state index in [4.69, 9.17) is 17.3 Å². The number of carbonyl (C=O) groups is 1. The fourth-order valence-corrected chi connectivity index (χ4v) is 4.51. The zero-order valence-corrected chi connectivity index (χ0v) is 17.0. The molecule has 1 saturated carbocycles. The van der Waals surface area contributed by atoms with Crippen molar-refractivity contribution in [3.05, 3.63) is 62.5 Å². The van der Waals surface area contributed by atoms with Gasteiger partial charge in [-0.1, -0.05) is 17.7 Å². The van der Waals surface area contributed by atoms with Crippen molar-refractivity contribution < 1.29 is 13.6 Å². The Hall–Kier alpha value is -2.80. The van der Waals surface area contributed by atoms with E-state index in [9.17, 15) is 18.4 Å². The molecule has 2 heterocycles. The number of fused-ring (bicyclic) bond motifs is 1. The van der Waals surface area contributed by atoms with Crippen LogP contribution in [0.2, 0.25) is 5.02 Å². The minimum Gasteiger partial charge on any atom is -0.364 e. The number of aromatic nitrogens is 2. The van der Waals surface area contributed by atoms with E-state index in [1.54, 1.807) is 12.1 Å². The lowest BCUT2D eigenvalue weighted by Crippen LogP contribution is -2.23. The molecule has 156 valence electrons. The van der Waals surface area contributed by atoms with Crippen molar-refractivity contribution in [1.29, 1.82) is 0 Å². The second kappa shape index (κ2) is 7.47. The van der Waals surface area contributed by atoms with Crippen LogP contribution in [0.4, 0.5) is 8.78 Å². The van der Waals surface area contributed by atoms with Crippen molar-refractivity contribution in [3.8, 4) is 11.3 Å². The van der Waals surface area contributed by atoms with Gasteiger partial charge in [-0.3, -0.25) is 14.6 Å². The number of aromatic amines is 1. The van der Waals surface area contributed by atoms with Gasteiger partial charge in [0.25, 0.3) is 5.91 Å². The van der Waals surface area contributed by atoms with Gasteiger partial charge >= 0.3 is 0 Å². The van der Waals surface area contributed by atoms with Crippen LogP contribution < -0.4 is 11.2 Å². The highest BCUT2D eigenvalue weighted by atomic mass is 35.5. The molecule has 5 nitrogen and oxygen atoms in total. The summed E-state index contributed by atoms with van der Waals surface area (Å²) >= 11 is 6.53. The Labute approximate surface area is 176 Å². The summed E-state index contributed by atoms with van der Waals surface area (Å²) in [6.45, 7) is 1.89. The van der Waals surface area contributed by atoms with E-state index >= 15 is 0 Å². The van der Waals surface area contributed by atoms with Crippen LogP contribution in [-0.2, 0) is 0 Å². The molecule has 1 aliphatic rings. The standard InChI is InChI=1S/C22H20ClF2N3O2/c1-11-8-14(12-2-5-22(24,25)6-3-12)15(23)9-13(11)17-10-18(29)19-16(28-17)4-7-27-20(19)21(26)30/h4,7-10,12H,2-3,5-6H2,1H3,(H2,26,30)(H,28,29). The van der Waals surface area contributed by atoms with Crippen LogP contribution in [0, 0.1) is 6.92 Å². The van der Waals surface area contributed by atoms with Gasteiger partial charge in [0.15, 0.2) is 5.43 Å². The maximum Gasteiger partial charge on any atom is 0.268 e. The van der Waals surface area contributed by atoms with Crippen molar-refractivity contribution in [2.24, 2.45) is 5.73 Å². The number of aryl methyl sites for hydroxylation is 1. The van der Waals surface area contributed by atoms with Gasteiger partial charge in [0.05, 0.1) is 16.6 Å². The maximum absolute atomic E-state index is 13.5. The number of H-pyrrole nitrogens is 1. The van der Waals surface area contributed by atoms with Gasteiger partial charge in [0, 0.05) is 35.7 Å². The smallest absolute Gasteiger partial charge is 0.268 e. The monoisotopic (exact) mass is 431 g/mol. The van der Waals surface area contributed by atoms with Crippen molar-refractivity contribution in [2.75, 3.05) is 0 Å². The lowest BCUT2D eigenvalue weighted by Gasteiger charge is -2.29. The first-order valence-electron chi connectivity index (χ1n) is 9.66. The number of halogens is 3. The summed E-state index contributed by atoms with van der Waals surface area (Å²) in [6.07, 6.45) is 1.92. The molecular weight excluding hydrogens is 412 g/mol. The summed E-state index contributed by atoms with van der Waals surface area (Å²) in [5, 5.41) is 0.622. The number of nitrogens with zero attached hydrogens (tertiary/aromatic N) is 1. The van der Waals surface area contributed by atoms with Crippen molar-refractivity contribution in [3.63, 3.8) is 0 Å². The molecule has 2 aromatic heterocycles. The summed E-state index contributed by atoms with van der Waals surface area (Å²) in [4.78, 5) is 31.3. The Balaban J connectivity index is 1.77. The summed E-state index contributed by atoms with van der Waals surface area (Å²) in [6, 6.07) is 6.65. The van der Waals surface area contributed by atoms with Crippen molar-refractivity contribution in [2.45, 2.75) is 44.4 Å². The first-order valence-corrected chi connectivity index (χ1v) is 10.0. The number of rotatable bonds is 3. The summed E-state index contributed by atoms with van der Waals surface area (Å²) in [5.41, 5.74) is 8.29. The molecule has 8 heteroatoms. The first kappa shape index (κ1) is 20.5. The van der Waals surface area contributed by atoms with Crippen LogP contribution >= 0.6 is 11.6 Å². The van der Waals surface area contributed by atoms with Gasteiger partial charge < -0.3 is 10.7 Å². The van der Waals surface area contributed by atoms with Crippen LogP contribution in [0.1, 0.15) is 53.2 Å². The highest BCUT2D eigenvalue weighted by Crippen LogP contribution is 2.44. The number of hydrogen-bond acceptors (Lipinski definition) is 3. The van der Waals surface area contributed by atoms with Crippen LogP contribution in [0.25, 0.3) is 22.2 Å². The molecule has 30 heavy (non-hydrogen) atoms. The van der Waals surface area contributed by atoms with E-state index in [-0.39, 0.29) is 35.3 Å². The Kier molecular flexibility index (Phi) is 5.10. The third-order valence-electron chi connectivity index (χ3n) is 5.77. The molecule has 0 unspecified atom stereocenters. The van der Waals surface area contributed by atoms with E-state index in [1.807, 2.05) is 13.0 Å². The normalized spacial score (nSPS) is 16.7. The molecule has 1 amide bonds. The maximum atomic E-state index is 13.5. The minimum absolute atomic E-state index is 0.00951. The van der Waals surface area contributed by atoms with Crippen LogP contribution in [0.3, 0.4) is 0 Å². The molecule has 3 N–H and O–H groups in total. The molecule has 3 aromatic rings. The van der Waals surface area contributed by atoms with Crippen LogP contribution in [-0.4, -0.2) is 21.8 Å².